The average Bonchev–Trinajstić information content (AvgIpc) is 2.85. The molecule has 2 N–H and O–H groups in total. The molecule has 21 heavy (non-hydrogen) atoms. The number of nitrogens with one attached hydrogen (secondary N) is 1. The fraction of sp³-hybridized carbons (Fsp3) is 0.500. The first-order chi connectivity index (χ1) is 9.95. The van der Waals surface area contributed by atoms with Gasteiger partial charge in [-0.2, -0.15) is 0 Å². The number of hydrogen-bond donors (Lipinski definition) is 2. The lowest BCUT2D eigenvalue weighted by Crippen LogP contribution is -2.52. The molecule has 0 saturated carbocycles. The molecule has 1 amide bonds. The number of carbonyl (C=O) groups is 2. The molecular weight excluding hydrogens is 268 g/mol. The Morgan fingerprint density at radius 2 is 2.05 bits per heavy atom. The maximum atomic E-state index is 12.3. The minimum Gasteiger partial charge on any atom is -0.480 e. The standard InChI is InChI=1S/C16H22N2O3/c1-4-10(2)17-15(19)11(3)18-13-8-6-5-7-12(13)9-14(18)16(20)21/h5-8,10-11,14H,4,9H2,1-3H3,(H,17,19)(H,20,21). The predicted molar refractivity (Wildman–Crippen MR) is 81.4 cm³/mol. The second-order valence-electron chi connectivity index (χ2n) is 5.59. The third kappa shape index (κ3) is 3.01. The number of carboxylic acids is 1. The normalized spacial score (nSPS) is 19.8. The third-order valence-corrected chi connectivity index (χ3v) is 4.10. The molecule has 0 aromatic heterocycles. The highest BCUT2D eigenvalue weighted by Gasteiger charge is 2.39. The van der Waals surface area contributed by atoms with E-state index in [2.05, 4.69) is 5.32 Å². The molecule has 0 aliphatic carbocycles. The number of fused-ring (bicyclic) bond motifs is 1. The second-order valence-corrected chi connectivity index (χ2v) is 5.59. The summed E-state index contributed by atoms with van der Waals surface area (Å²) in [5.74, 6) is -1.03. The Morgan fingerprint density at radius 1 is 1.38 bits per heavy atom. The van der Waals surface area contributed by atoms with Gasteiger partial charge in [-0.1, -0.05) is 25.1 Å². The molecule has 5 heteroatoms. The summed E-state index contributed by atoms with van der Waals surface area (Å²) < 4.78 is 0. The van der Waals surface area contributed by atoms with Crippen molar-refractivity contribution < 1.29 is 14.7 Å². The molecule has 2 rings (SSSR count). The van der Waals surface area contributed by atoms with Gasteiger partial charge in [0.2, 0.25) is 5.91 Å². The molecule has 0 spiro atoms. The van der Waals surface area contributed by atoms with Crippen molar-refractivity contribution >= 4 is 17.6 Å². The zero-order valence-electron chi connectivity index (χ0n) is 12.7. The Labute approximate surface area is 125 Å². The molecule has 3 atom stereocenters. The van der Waals surface area contributed by atoms with Crippen molar-refractivity contribution in [3.63, 3.8) is 0 Å². The summed E-state index contributed by atoms with van der Waals surface area (Å²) in [5, 5.41) is 12.4. The number of nitrogens with zero attached hydrogens (tertiary/aromatic N) is 1. The number of anilines is 1. The molecule has 0 fully saturated rings. The fourth-order valence-electron chi connectivity index (χ4n) is 2.69. The van der Waals surface area contributed by atoms with Gasteiger partial charge < -0.3 is 15.3 Å². The third-order valence-electron chi connectivity index (χ3n) is 4.10. The molecule has 1 heterocycles. The van der Waals surface area contributed by atoms with Gasteiger partial charge in [0.1, 0.15) is 12.1 Å². The highest BCUT2D eigenvalue weighted by molar-refractivity contribution is 5.90. The molecule has 1 aliphatic rings. The number of aliphatic carboxylic acids is 1. The maximum absolute atomic E-state index is 12.3. The Kier molecular flexibility index (Phi) is 4.50. The summed E-state index contributed by atoms with van der Waals surface area (Å²) in [6.07, 6.45) is 1.28. The van der Waals surface area contributed by atoms with Gasteiger partial charge in [-0.05, 0) is 31.9 Å². The first kappa shape index (κ1) is 15.4. The molecule has 5 nitrogen and oxygen atoms in total. The van der Waals surface area contributed by atoms with Gasteiger partial charge in [0.05, 0.1) is 0 Å². The number of carbonyl (C=O) groups excluding carboxylic acids is 1. The van der Waals surface area contributed by atoms with Crippen LogP contribution in [0.15, 0.2) is 24.3 Å². The van der Waals surface area contributed by atoms with Crippen LogP contribution >= 0.6 is 0 Å². The molecule has 1 aromatic carbocycles. The minimum atomic E-state index is -0.894. The molecular formula is C16H22N2O3. The highest BCUT2D eigenvalue weighted by Crippen LogP contribution is 2.33. The van der Waals surface area contributed by atoms with Crippen molar-refractivity contribution in [2.75, 3.05) is 4.90 Å². The lowest BCUT2D eigenvalue weighted by Gasteiger charge is -2.31. The van der Waals surface area contributed by atoms with E-state index in [-0.39, 0.29) is 11.9 Å². The summed E-state index contributed by atoms with van der Waals surface area (Å²) in [4.78, 5) is 25.6. The fourth-order valence-corrected chi connectivity index (χ4v) is 2.69. The van der Waals surface area contributed by atoms with E-state index >= 15 is 0 Å². The average molecular weight is 290 g/mol. The van der Waals surface area contributed by atoms with Crippen LogP contribution in [0.5, 0.6) is 0 Å². The van der Waals surface area contributed by atoms with Gasteiger partial charge in [0.15, 0.2) is 0 Å². The zero-order chi connectivity index (χ0) is 15.6. The molecule has 0 saturated heterocycles. The van der Waals surface area contributed by atoms with E-state index in [4.69, 9.17) is 0 Å². The maximum Gasteiger partial charge on any atom is 0.326 e. The van der Waals surface area contributed by atoms with E-state index in [0.717, 1.165) is 17.7 Å². The Bertz CT molecular complexity index is 544. The molecule has 0 radical (unpaired) electrons. The number of para-hydroxylation sites is 1. The predicted octanol–water partition coefficient (Wildman–Crippen LogP) is 1.81. The van der Waals surface area contributed by atoms with Crippen LogP contribution in [0.2, 0.25) is 0 Å². The zero-order valence-corrected chi connectivity index (χ0v) is 12.7. The van der Waals surface area contributed by atoms with E-state index in [1.165, 1.54) is 0 Å². The molecule has 3 unspecified atom stereocenters. The largest absolute Gasteiger partial charge is 0.480 e. The molecule has 1 aromatic rings. The summed E-state index contributed by atoms with van der Waals surface area (Å²) in [6, 6.07) is 6.46. The van der Waals surface area contributed by atoms with Gasteiger partial charge in [-0.3, -0.25) is 4.79 Å². The van der Waals surface area contributed by atoms with Crippen LogP contribution in [0.4, 0.5) is 5.69 Å². The molecule has 114 valence electrons. The van der Waals surface area contributed by atoms with Gasteiger partial charge in [0, 0.05) is 18.2 Å². The van der Waals surface area contributed by atoms with Crippen molar-refractivity contribution in [3.05, 3.63) is 29.8 Å². The van der Waals surface area contributed by atoms with Crippen molar-refractivity contribution in [1.82, 2.24) is 5.32 Å². The Balaban J connectivity index is 2.26. The van der Waals surface area contributed by atoms with E-state index in [9.17, 15) is 14.7 Å². The summed E-state index contributed by atoms with van der Waals surface area (Å²) in [5.41, 5.74) is 1.82. The van der Waals surface area contributed by atoms with Gasteiger partial charge in [-0.25, -0.2) is 4.79 Å². The second kappa shape index (κ2) is 6.16. The SMILES string of the molecule is CCC(C)NC(=O)C(C)N1c2ccccc2CC1C(=O)O. The van der Waals surface area contributed by atoms with Crippen LogP contribution in [0, 0.1) is 0 Å². The first-order valence-electron chi connectivity index (χ1n) is 7.35. The quantitative estimate of drug-likeness (QED) is 0.867. The number of hydrogen-bond acceptors (Lipinski definition) is 3. The number of benzene rings is 1. The molecule has 1 aliphatic heterocycles. The number of carboxylic acid groups (broad SMARTS) is 1. The van der Waals surface area contributed by atoms with Gasteiger partial charge in [-0.15, -0.1) is 0 Å². The van der Waals surface area contributed by atoms with Crippen molar-refractivity contribution in [3.8, 4) is 0 Å². The van der Waals surface area contributed by atoms with Crippen molar-refractivity contribution in [2.45, 2.75) is 51.7 Å². The lowest BCUT2D eigenvalue weighted by molar-refractivity contribution is -0.138. The smallest absolute Gasteiger partial charge is 0.326 e. The Hall–Kier alpha value is -2.04. The van der Waals surface area contributed by atoms with Gasteiger partial charge >= 0.3 is 5.97 Å². The van der Waals surface area contributed by atoms with Crippen LogP contribution in [0.25, 0.3) is 0 Å². The first-order valence-corrected chi connectivity index (χ1v) is 7.35. The topological polar surface area (TPSA) is 69.6 Å². The van der Waals surface area contributed by atoms with Crippen LogP contribution in [0.1, 0.15) is 32.8 Å². The number of rotatable bonds is 5. The summed E-state index contributed by atoms with van der Waals surface area (Å²) in [7, 11) is 0. The molecule has 0 bridgehead atoms. The van der Waals surface area contributed by atoms with Crippen LogP contribution in [-0.4, -0.2) is 35.1 Å². The van der Waals surface area contributed by atoms with Crippen LogP contribution < -0.4 is 10.2 Å². The van der Waals surface area contributed by atoms with Crippen LogP contribution in [0.3, 0.4) is 0 Å². The summed E-state index contributed by atoms with van der Waals surface area (Å²) in [6.45, 7) is 5.70. The van der Waals surface area contributed by atoms with E-state index in [1.807, 2.05) is 38.1 Å². The monoisotopic (exact) mass is 290 g/mol. The number of amides is 1. The van der Waals surface area contributed by atoms with Crippen LogP contribution in [-0.2, 0) is 16.0 Å². The van der Waals surface area contributed by atoms with Crippen molar-refractivity contribution in [2.24, 2.45) is 0 Å². The lowest BCUT2D eigenvalue weighted by atomic mass is 10.1. The van der Waals surface area contributed by atoms with Crippen molar-refractivity contribution in [1.29, 1.82) is 0 Å². The highest BCUT2D eigenvalue weighted by atomic mass is 16.4. The minimum absolute atomic E-state index is 0.0843. The van der Waals surface area contributed by atoms with E-state index in [0.29, 0.717) is 6.42 Å². The summed E-state index contributed by atoms with van der Waals surface area (Å²) >= 11 is 0. The van der Waals surface area contributed by atoms with Gasteiger partial charge in [0.25, 0.3) is 0 Å². The van der Waals surface area contributed by atoms with E-state index in [1.54, 1.807) is 11.8 Å². The Morgan fingerprint density at radius 3 is 2.67 bits per heavy atom. The van der Waals surface area contributed by atoms with E-state index < -0.39 is 18.1 Å².